The highest BCUT2D eigenvalue weighted by Crippen LogP contribution is 2.34. The van der Waals surface area contributed by atoms with Crippen LogP contribution in [-0.4, -0.2) is 21.5 Å². The maximum Gasteiger partial charge on any atom is 0.258 e. The summed E-state index contributed by atoms with van der Waals surface area (Å²) < 4.78 is 7.05. The van der Waals surface area contributed by atoms with Gasteiger partial charge in [0, 0.05) is 34.3 Å². The van der Waals surface area contributed by atoms with Crippen LogP contribution in [0.3, 0.4) is 0 Å². The predicted octanol–water partition coefficient (Wildman–Crippen LogP) is 5.58. The molecule has 5 rings (SSSR count). The van der Waals surface area contributed by atoms with E-state index in [1.807, 2.05) is 48.7 Å². The SMILES string of the molecule is COc1ccc2c(-c3ccccc3)cc(SCc3cc(=O)n4c(C)csc4n3)nc2c1. The zero-order chi connectivity index (χ0) is 21.4. The van der Waals surface area contributed by atoms with Crippen LogP contribution < -0.4 is 10.3 Å². The highest BCUT2D eigenvalue weighted by molar-refractivity contribution is 7.98. The lowest BCUT2D eigenvalue weighted by Gasteiger charge is -2.11. The van der Waals surface area contributed by atoms with E-state index in [0.717, 1.165) is 49.2 Å². The van der Waals surface area contributed by atoms with Crippen LogP contribution in [0.15, 0.2) is 75.9 Å². The first kappa shape index (κ1) is 19.8. The van der Waals surface area contributed by atoms with Gasteiger partial charge in [-0.15, -0.1) is 11.3 Å². The number of thiazole rings is 1. The molecule has 154 valence electrons. The second kappa shape index (κ2) is 8.17. The number of methoxy groups -OCH3 is 1. The number of hydrogen-bond donors (Lipinski definition) is 0. The van der Waals surface area contributed by atoms with Crippen molar-refractivity contribution >= 4 is 39.0 Å². The zero-order valence-corrected chi connectivity index (χ0v) is 18.7. The van der Waals surface area contributed by atoms with Crippen molar-refractivity contribution in [1.82, 2.24) is 14.4 Å². The van der Waals surface area contributed by atoms with Gasteiger partial charge in [-0.2, -0.15) is 0 Å². The van der Waals surface area contributed by atoms with Crippen molar-refractivity contribution in [3.05, 3.63) is 87.8 Å². The molecule has 7 heteroatoms. The Hall–Kier alpha value is -3.16. The molecular weight excluding hydrogens is 426 g/mol. The Labute approximate surface area is 187 Å². The van der Waals surface area contributed by atoms with Crippen molar-refractivity contribution in [2.24, 2.45) is 0 Å². The van der Waals surface area contributed by atoms with Gasteiger partial charge in [0.25, 0.3) is 5.56 Å². The first-order chi connectivity index (χ1) is 15.1. The zero-order valence-electron chi connectivity index (χ0n) is 17.0. The fraction of sp³-hybridized carbons (Fsp3) is 0.125. The first-order valence-corrected chi connectivity index (χ1v) is 11.6. The van der Waals surface area contributed by atoms with Crippen LogP contribution in [0.25, 0.3) is 27.0 Å². The van der Waals surface area contributed by atoms with Crippen molar-refractivity contribution in [3.8, 4) is 16.9 Å². The highest BCUT2D eigenvalue weighted by atomic mass is 32.2. The number of benzene rings is 2. The summed E-state index contributed by atoms with van der Waals surface area (Å²) in [5.41, 5.74) is 4.75. The summed E-state index contributed by atoms with van der Waals surface area (Å²) >= 11 is 3.06. The minimum Gasteiger partial charge on any atom is -0.497 e. The fourth-order valence-electron chi connectivity index (χ4n) is 3.56. The molecule has 0 fully saturated rings. The Balaban J connectivity index is 1.54. The Kier molecular flexibility index (Phi) is 5.21. The largest absolute Gasteiger partial charge is 0.497 e. The number of aromatic nitrogens is 3. The standard InChI is InChI=1S/C24H19N3O2S2/c1-15-13-31-24-25-17(10-23(28)27(15)24)14-30-22-12-20(16-6-4-3-5-7-16)19-9-8-18(29-2)11-21(19)26-22/h3-13H,14H2,1-2H3. The van der Waals surface area contributed by atoms with Crippen LogP contribution in [0, 0.1) is 6.92 Å². The number of aryl methyl sites for hydroxylation is 1. The Bertz CT molecular complexity index is 1460. The molecule has 0 aliphatic rings. The lowest BCUT2D eigenvalue weighted by atomic mass is 10.0. The topological polar surface area (TPSA) is 56.5 Å². The second-order valence-corrected chi connectivity index (χ2v) is 8.96. The van der Waals surface area contributed by atoms with Gasteiger partial charge in [-0.1, -0.05) is 42.1 Å². The molecule has 2 aromatic carbocycles. The van der Waals surface area contributed by atoms with Crippen LogP contribution in [0.4, 0.5) is 0 Å². The maximum absolute atomic E-state index is 12.5. The number of fused-ring (bicyclic) bond motifs is 2. The van der Waals surface area contributed by atoms with Crippen LogP contribution in [0.2, 0.25) is 0 Å². The van der Waals surface area contributed by atoms with Crippen molar-refractivity contribution in [1.29, 1.82) is 0 Å². The van der Waals surface area contributed by atoms with Crippen molar-refractivity contribution in [3.63, 3.8) is 0 Å². The number of thioether (sulfide) groups is 1. The molecule has 3 aromatic heterocycles. The maximum atomic E-state index is 12.5. The average Bonchev–Trinajstić information content (AvgIpc) is 3.18. The summed E-state index contributed by atoms with van der Waals surface area (Å²) in [6.07, 6.45) is 0. The average molecular weight is 446 g/mol. The Morgan fingerprint density at radius 3 is 2.71 bits per heavy atom. The fourth-order valence-corrected chi connectivity index (χ4v) is 5.26. The van der Waals surface area contributed by atoms with Gasteiger partial charge in [0.15, 0.2) is 4.96 Å². The van der Waals surface area contributed by atoms with Gasteiger partial charge in [-0.05, 0) is 36.2 Å². The van der Waals surface area contributed by atoms with Gasteiger partial charge in [-0.3, -0.25) is 9.20 Å². The molecule has 0 spiro atoms. The summed E-state index contributed by atoms with van der Waals surface area (Å²) in [6, 6.07) is 20.0. The van der Waals surface area contributed by atoms with Gasteiger partial charge in [0.1, 0.15) is 5.75 Å². The molecule has 0 unspecified atom stereocenters. The molecular formula is C24H19N3O2S2. The molecule has 0 saturated carbocycles. The molecule has 3 heterocycles. The van der Waals surface area contributed by atoms with E-state index < -0.39 is 0 Å². The van der Waals surface area contributed by atoms with Crippen molar-refractivity contribution in [2.75, 3.05) is 7.11 Å². The van der Waals surface area contributed by atoms with E-state index in [0.29, 0.717) is 5.75 Å². The molecule has 0 atom stereocenters. The normalized spacial score (nSPS) is 11.3. The lowest BCUT2D eigenvalue weighted by molar-refractivity contribution is 0.415. The molecule has 0 amide bonds. The van der Waals surface area contributed by atoms with E-state index in [1.165, 1.54) is 11.3 Å². The van der Waals surface area contributed by atoms with Gasteiger partial charge < -0.3 is 4.74 Å². The van der Waals surface area contributed by atoms with E-state index in [4.69, 9.17) is 9.72 Å². The number of rotatable bonds is 5. The second-order valence-electron chi connectivity index (χ2n) is 7.13. The van der Waals surface area contributed by atoms with Gasteiger partial charge >= 0.3 is 0 Å². The molecule has 0 saturated heterocycles. The molecule has 0 N–H and O–H groups in total. The van der Waals surface area contributed by atoms with Gasteiger partial charge in [0.2, 0.25) is 0 Å². The van der Waals surface area contributed by atoms with E-state index in [-0.39, 0.29) is 5.56 Å². The molecule has 0 radical (unpaired) electrons. The third kappa shape index (κ3) is 3.82. The van der Waals surface area contributed by atoms with Crippen molar-refractivity contribution in [2.45, 2.75) is 17.7 Å². The minimum atomic E-state index is -0.0412. The summed E-state index contributed by atoms with van der Waals surface area (Å²) in [5.74, 6) is 1.34. The van der Waals surface area contributed by atoms with Crippen LogP contribution >= 0.6 is 23.1 Å². The minimum absolute atomic E-state index is 0.0412. The lowest BCUT2D eigenvalue weighted by Crippen LogP contribution is -2.14. The summed E-state index contributed by atoms with van der Waals surface area (Å²) in [5, 5.41) is 3.90. The quantitative estimate of drug-likeness (QED) is 0.331. The summed E-state index contributed by atoms with van der Waals surface area (Å²) in [7, 11) is 1.66. The first-order valence-electron chi connectivity index (χ1n) is 9.76. The van der Waals surface area contributed by atoms with Gasteiger partial charge in [0.05, 0.1) is 23.3 Å². The monoisotopic (exact) mass is 445 g/mol. The molecule has 0 aliphatic heterocycles. The Morgan fingerprint density at radius 1 is 1.06 bits per heavy atom. The Morgan fingerprint density at radius 2 is 1.90 bits per heavy atom. The summed E-state index contributed by atoms with van der Waals surface area (Å²) in [4.78, 5) is 22.7. The molecule has 5 aromatic rings. The van der Waals surface area contributed by atoms with Gasteiger partial charge in [-0.25, -0.2) is 9.97 Å². The van der Waals surface area contributed by atoms with Crippen LogP contribution in [0.5, 0.6) is 5.75 Å². The number of nitrogens with zero attached hydrogens (tertiary/aromatic N) is 3. The molecule has 31 heavy (non-hydrogen) atoms. The van der Waals surface area contributed by atoms with E-state index in [2.05, 4.69) is 23.2 Å². The van der Waals surface area contributed by atoms with E-state index >= 15 is 0 Å². The molecule has 5 nitrogen and oxygen atoms in total. The van der Waals surface area contributed by atoms with Crippen molar-refractivity contribution < 1.29 is 4.74 Å². The number of ether oxygens (including phenoxy) is 1. The summed E-state index contributed by atoms with van der Waals surface area (Å²) in [6.45, 7) is 1.92. The van der Waals surface area contributed by atoms with Crippen LogP contribution in [-0.2, 0) is 5.75 Å². The van der Waals surface area contributed by atoms with E-state index in [1.54, 1.807) is 29.3 Å². The van der Waals surface area contributed by atoms with Crippen LogP contribution in [0.1, 0.15) is 11.4 Å². The number of pyridine rings is 1. The highest BCUT2D eigenvalue weighted by Gasteiger charge is 2.11. The number of hydrogen-bond acceptors (Lipinski definition) is 6. The molecule has 0 aliphatic carbocycles. The third-order valence-corrected chi connectivity index (χ3v) is 6.96. The molecule has 0 bridgehead atoms. The third-order valence-electron chi connectivity index (χ3n) is 5.07. The predicted molar refractivity (Wildman–Crippen MR) is 127 cm³/mol. The van der Waals surface area contributed by atoms with E-state index in [9.17, 15) is 4.79 Å². The smallest absolute Gasteiger partial charge is 0.258 e.